The van der Waals surface area contributed by atoms with Gasteiger partial charge in [0.15, 0.2) is 5.82 Å². The van der Waals surface area contributed by atoms with Gasteiger partial charge >= 0.3 is 0 Å². The molecule has 0 bridgehead atoms. The van der Waals surface area contributed by atoms with Crippen LogP contribution in [0.15, 0.2) is 6.20 Å². The molecule has 1 amide bonds. The molecular weight excluding hydrogens is 290 g/mol. The summed E-state index contributed by atoms with van der Waals surface area (Å²) < 4.78 is 0. The number of carbonyl (C=O) groups excluding carboxylic acids is 1. The third kappa shape index (κ3) is 5.38. The lowest BCUT2D eigenvalue weighted by molar-refractivity contribution is -0.127. The Morgan fingerprint density at radius 2 is 2.05 bits per heavy atom. The van der Waals surface area contributed by atoms with Gasteiger partial charge in [-0.3, -0.25) is 4.79 Å². The molecule has 0 saturated heterocycles. The number of hydrogen-bond donors (Lipinski definition) is 1. The normalized spacial score (nSPS) is 10.3. The Labute approximate surface area is 131 Å². The minimum atomic E-state index is 0.0150. The van der Waals surface area contributed by atoms with E-state index in [9.17, 15) is 4.79 Å². The molecule has 0 fully saturated rings. The Bertz CT molecular complexity index is 467. The van der Waals surface area contributed by atoms with Gasteiger partial charge in [-0.25, -0.2) is 4.98 Å². The van der Waals surface area contributed by atoms with Gasteiger partial charge in [0.05, 0.1) is 12.7 Å². The number of amides is 1. The van der Waals surface area contributed by atoms with Gasteiger partial charge in [0.2, 0.25) is 11.9 Å². The maximum Gasteiger partial charge on any atom is 0.241 e. The summed E-state index contributed by atoms with van der Waals surface area (Å²) in [7, 11) is 3.48. The van der Waals surface area contributed by atoms with E-state index in [1.165, 1.54) is 0 Å². The molecule has 7 heteroatoms. The highest BCUT2D eigenvalue weighted by Gasteiger charge is 2.17. The average molecular weight is 314 g/mol. The van der Waals surface area contributed by atoms with Crippen LogP contribution in [0.4, 0.5) is 11.8 Å². The van der Waals surface area contributed by atoms with Crippen molar-refractivity contribution in [3.8, 4) is 0 Å². The Morgan fingerprint density at radius 1 is 1.33 bits per heavy atom. The van der Waals surface area contributed by atoms with Gasteiger partial charge in [-0.1, -0.05) is 25.4 Å². The zero-order valence-corrected chi connectivity index (χ0v) is 13.9. The Morgan fingerprint density at radius 3 is 2.62 bits per heavy atom. The van der Waals surface area contributed by atoms with E-state index in [0.717, 1.165) is 19.4 Å². The van der Waals surface area contributed by atoms with E-state index in [4.69, 9.17) is 11.6 Å². The molecule has 0 unspecified atom stereocenters. The molecule has 1 aromatic rings. The van der Waals surface area contributed by atoms with Crippen LogP contribution in [0.1, 0.15) is 26.7 Å². The average Bonchev–Trinajstić information content (AvgIpc) is 2.45. The fourth-order valence-electron chi connectivity index (χ4n) is 1.74. The standard InChI is InChI=1S/C14H24ClN5O/c1-5-7-16-14-17-9-11(15)13(18-14)20(8-6-2)10-12(21)19(3)4/h9H,5-8,10H2,1-4H3,(H,16,17,18). The van der Waals surface area contributed by atoms with E-state index in [1.807, 2.05) is 4.90 Å². The van der Waals surface area contributed by atoms with Gasteiger partial charge in [-0.15, -0.1) is 0 Å². The van der Waals surface area contributed by atoms with E-state index in [2.05, 4.69) is 29.1 Å². The van der Waals surface area contributed by atoms with Crippen molar-refractivity contribution in [1.82, 2.24) is 14.9 Å². The third-order valence-electron chi connectivity index (χ3n) is 2.88. The molecule has 1 heterocycles. The molecule has 1 N–H and O–H groups in total. The number of rotatable bonds is 8. The molecule has 118 valence electrons. The molecule has 0 aliphatic heterocycles. The molecular formula is C14H24ClN5O. The highest BCUT2D eigenvalue weighted by atomic mass is 35.5. The second-order valence-corrected chi connectivity index (χ2v) is 5.41. The summed E-state index contributed by atoms with van der Waals surface area (Å²) in [5.74, 6) is 1.15. The minimum Gasteiger partial charge on any atom is -0.354 e. The minimum absolute atomic E-state index is 0.0150. The van der Waals surface area contributed by atoms with Crippen LogP contribution in [-0.2, 0) is 4.79 Å². The van der Waals surface area contributed by atoms with Crippen LogP contribution in [0.3, 0.4) is 0 Å². The molecule has 0 aromatic carbocycles. The topological polar surface area (TPSA) is 61.4 Å². The first-order valence-corrected chi connectivity index (χ1v) is 7.58. The first kappa shape index (κ1) is 17.5. The molecule has 1 aromatic heterocycles. The van der Waals surface area contributed by atoms with Crippen molar-refractivity contribution in [3.05, 3.63) is 11.2 Å². The van der Waals surface area contributed by atoms with Crippen molar-refractivity contribution >= 4 is 29.3 Å². The number of anilines is 2. The quantitative estimate of drug-likeness (QED) is 0.797. The summed E-state index contributed by atoms with van der Waals surface area (Å²) >= 11 is 6.20. The fourth-order valence-corrected chi connectivity index (χ4v) is 1.95. The molecule has 0 radical (unpaired) electrons. The van der Waals surface area contributed by atoms with Crippen LogP contribution in [0.2, 0.25) is 5.02 Å². The number of halogens is 1. The third-order valence-corrected chi connectivity index (χ3v) is 3.14. The second-order valence-electron chi connectivity index (χ2n) is 5.00. The van der Waals surface area contributed by atoms with Crippen molar-refractivity contribution in [3.63, 3.8) is 0 Å². The Hall–Kier alpha value is -1.56. The van der Waals surface area contributed by atoms with E-state index in [0.29, 0.717) is 23.3 Å². The molecule has 6 nitrogen and oxygen atoms in total. The van der Waals surface area contributed by atoms with Crippen molar-refractivity contribution in [2.75, 3.05) is 43.9 Å². The largest absolute Gasteiger partial charge is 0.354 e. The molecule has 21 heavy (non-hydrogen) atoms. The SMILES string of the molecule is CCCNc1ncc(Cl)c(N(CCC)CC(=O)N(C)C)n1. The smallest absolute Gasteiger partial charge is 0.241 e. The van der Waals surface area contributed by atoms with Crippen LogP contribution in [0, 0.1) is 0 Å². The summed E-state index contributed by atoms with van der Waals surface area (Å²) in [6.45, 7) is 5.89. The van der Waals surface area contributed by atoms with E-state index in [1.54, 1.807) is 25.2 Å². The molecule has 1 rings (SSSR count). The summed E-state index contributed by atoms with van der Waals surface area (Å²) in [4.78, 5) is 24.0. The van der Waals surface area contributed by atoms with Crippen LogP contribution in [0.5, 0.6) is 0 Å². The maximum absolute atomic E-state index is 12.0. The first-order valence-electron chi connectivity index (χ1n) is 7.21. The first-order chi connectivity index (χ1) is 9.99. The lowest BCUT2D eigenvalue weighted by Gasteiger charge is -2.25. The number of carbonyl (C=O) groups is 1. The lowest BCUT2D eigenvalue weighted by Crippen LogP contribution is -2.37. The Kier molecular flexibility index (Phi) is 7.22. The zero-order valence-electron chi connectivity index (χ0n) is 13.2. The fraction of sp³-hybridized carbons (Fsp3) is 0.643. The van der Waals surface area contributed by atoms with Crippen molar-refractivity contribution in [1.29, 1.82) is 0 Å². The molecule has 0 atom stereocenters. The van der Waals surface area contributed by atoms with E-state index < -0.39 is 0 Å². The second kappa shape index (κ2) is 8.67. The van der Waals surface area contributed by atoms with Crippen LogP contribution >= 0.6 is 11.6 Å². The van der Waals surface area contributed by atoms with Gasteiger partial charge in [0.1, 0.15) is 5.02 Å². The van der Waals surface area contributed by atoms with Gasteiger partial charge in [-0.05, 0) is 12.8 Å². The number of hydrogen-bond acceptors (Lipinski definition) is 5. The van der Waals surface area contributed by atoms with Crippen molar-refractivity contribution in [2.45, 2.75) is 26.7 Å². The summed E-state index contributed by atoms with van der Waals surface area (Å²) in [5, 5.41) is 3.59. The maximum atomic E-state index is 12.0. The molecule has 0 aliphatic rings. The van der Waals surface area contributed by atoms with Crippen LogP contribution < -0.4 is 10.2 Å². The molecule has 0 spiro atoms. The monoisotopic (exact) mass is 313 g/mol. The number of nitrogens with one attached hydrogen (secondary N) is 1. The zero-order chi connectivity index (χ0) is 15.8. The number of likely N-dealkylation sites (N-methyl/N-ethyl adjacent to an activating group) is 1. The van der Waals surface area contributed by atoms with Gasteiger partial charge in [0, 0.05) is 27.2 Å². The van der Waals surface area contributed by atoms with E-state index >= 15 is 0 Å². The van der Waals surface area contributed by atoms with Crippen LogP contribution in [0.25, 0.3) is 0 Å². The Balaban J connectivity index is 2.97. The molecule has 0 saturated carbocycles. The highest BCUT2D eigenvalue weighted by Crippen LogP contribution is 2.24. The summed E-state index contributed by atoms with van der Waals surface area (Å²) in [6, 6.07) is 0. The highest BCUT2D eigenvalue weighted by molar-refractivity contribution is 6.32. The number of aromatic nitrogens is 2. The van der Waals surface area contributed by atoms with Crippen molar-refractivity contribution < 1.29 is 4.79 Å². The van der Waals surface area contributed by atoms with Gasteiger partial charge in [-0.2, -0.15) is 4.98 Å². The predicted octanol–water partition coefficient (Wildman–Crippen LogP) is 2.26. The van der Waals surface area contributed by atoms with E-state index in [-0.39, 0.29) is 12.5 Å². The molecule has 0 aliphatic carbocycles. The summed E-state index contributed by atoms with van der Waals surface area (Å²) in [6.07, 6.45) is 3.46. The van der Waals surface area contributed by atoms with Crippen LogP contribution in [-0.4, -0.2) is 54.5 Å². The number of nitrogens with zero attached hydrogens (tertiary/aromatic N) is 4. The van der Waals surface area contributed by atoms with Gasteiger partial charge < -0.3 is 15.1 Å². The summed E-state index contributed by atoms with van der Waals surface area (Å²) in [5.41, 5.74) is 0. The van der Waals surface area contributed by atoms with Gasteiger partial charge in [0.25, 0.3) is 0 Å². The lowest BCUT2D eigenvalue weighted by atomic mass is 10.3. The van der Waals surface area contributed by atoms with Crippen molar-refractivity contribution in [2.24, 2.45) is 0 Å². The predicted molar refractivity (Wildman–Crippen MR) is 87.0 cm³/mol.